The van der Waals surface area contributed by atoms with Crippen LogP contribution in [0.2, 0.25) is 0 Å². The van der Waals surface area contributed by atoms with Crippen LogP contribution in [-0.4, -0.2) is 14.8 Å². The van der Waals surface area contributed by atoms with E-state index >= 15 is 0 Å². The Morgan fingerprint density at radius 2 is 0.814 bits per heavy atom. The third-order valence-corrected chi connectivity index (χ3v) is 11.0. The highest BCUT2D eigenvalue weighted by Gasteiger charge is 2.17. The molecular weight excluding hydrogens is 715 g/mol. The van der Waals surface area contributed by atoms with Gasteiger partial charge in [0.15, 0.2) is 0 Å². The van der Waals surface area contributed by atoms with Crippen molar-refractivity contribution < 1.29 is 0 Å². The first kappa shape index (κ1) is 37.1. The molecule has 0 spiro atoms. The Balaban J connectivity index is 0.00000221. The number of hydrogen-bond acceptors (Lipinski definition) is 1. The van der Waals surface area contributed by atoms with E-state index in [4.69, 9.17) is 4.99 Å². The van der Waals surface area contributed by atoms with Crippen molar-refractivity contribution in [2.24, 2.45) is 4.99 Å². The van der Waals surface area contributed by atoms with Crippen molar-refractivity contribution in [1.29, 1.82) is 0 Å². The van der Waals surface area contributed by atoms with Crippen LogP contribution in [0.25, 0.3) is 77.4 Å². The van der Waals surface area contributed by atoms with Crippen molar-refractivity contribution in [2.45, 2.75) is 20.8 Å². The van der Waals surface area contributed by atoms with Crippen LogP contribution in [0.5, 0.6) is 0 Å². The van der Waals surface area contributed by atoms with Gasteiger partial charge in [0.2, 0.25) is 0 Å². The molecule has 2 aromatic heterocycles. The average Bonchev–Trinajstić information content (AvgIpc) is 3.83. The number of aromatic nitrogens is 2. The minimum absolute atomic E-state index is 0.732. The van der Waals surface area contributed by atoms with Crippen LogP contribution in [0.4, 0.5) is 0 Å². The summed E-state index contributed by atoms with van der Waals surface area (Å²) in [6, 6.07) is 71.3. The highest BCUT2D eigenvalue weighted by molar-refractivity contribution is 6.14. The Morgan fingerprint density at radius 3 is 1.25 bits per heavy atom. The third-order valence-electron chi connectivity index (χ3n) is 11.0. The van der Waals surface area contributed by atoms with Crippen LogP contribution in [-0.2, 0) is 0 Å². The quantitative estimate of drug-likeness (QED) is 0.138. The van der Waals surface area contributed by atoms with E-state index in [2.05, 4.69) is 193 Å². The van der Waals surface area contributed by atoms with Crippen molar-refractivity contribution >= 4 is 60.6 Å². The normalized spacial score (nSPS) is 11.9. The van der Waals surface area contributed by atoms with Gasteiger partial charge in [-0.25, -0.2) is 4.99 Å². The van der Waals surface area contributed by atoms with Gasteiger partial charge in [-0.3, -0.25) is 0 Å². The molecule has 0 aliphatic rings. The fourth-order valence-electron chi connectivity index (χ4n) is 8.26. The van der Waals surface area contributed by atoms with E-state index in [1.807, 2.05) is 50.2 Å². The highest BCUT2D eigenvalue weighted by atomic mass is 15.0. The van der Waals surface area contributed by atoms with Gasteiger partial charge in [-0.1, -0.05) is 178 Å². The molecule has 10 aromatic rings. The van der Waals surface area contributed by atoms with E-state index in [9.17, 15) is 0 Å². The zero-order valence-electron chi connectivity index (χ0n) is 33.7. The summed E-state index contributed by atoms with van der Waals surface area (Å²) in [6.07, 6.45) is 2.17. The first-order chi connectivity index (χ1) is 29.1. The number of aliphatic imine (C=N–C) groups is 1. The van der Waals surface area contributed by atoms with Crippen molar-refractivity contribution in [2.75, 3.05) is 0 Å². The molecule has 0 fully saturated rings. The lowest BCUT2D eigenvalue weighted by Crippen LogP contribution is -2.00. The molecule has 0 aliphatic carbocycles. The minimum atomic E-state index is 0.732. The van der Waals surface area contributed by atoms with Crippen molar-refractivity contribution in [1.82, 2.24) is 9.13 Å². The summed E-state index contributed by atoms with van der Waals surface area (Å²) in [7, 11) is 0. The van der Waals surface area contributed by atoms with Gasteiger partial charge >= 0.3 is 0 Å². The maximum absolute atomic E-state index is 5.04. The number of rotatable bonds is 8. The molecule has 0 amide bonds. The van der Waals surface area contributed by atoms with Gasteiger partial charge in [0.25, 0.3) is 0 Å². The first-order valence-corrected chi connectivity index (χ1v) is 20.4. The van der Waals surface area contributed by atoms with Crippen LogP contribution in [0.15, 0.2) is 218 Å². The molecule has 0 N–H and O–H groups in total. The molecule has 0 saturated carbocycles. The summed E-state index contributed by atoms with van der Waals surface area (Å²) in [5.41, 5.74) is 15.2. The van der Waals surface area contributed by atoms with Crippen molar-refractivity contribution in [3.05, 3.63) is 230 Å². The second kappa shape index (κ2) is 16.2. The Bertz CT molecular complexity index is 2940. The van der Waals surface area contributed by atoms with Gasteiger partial charge in [-0.2, -0.15) is 0 Å². The number of allylic oxidation sites excluding steroid dienone is 2. The van der Waals surface area contributed by atoms with Gasteiger partial charge in [-0.15, -0.1) is 0 Å². The van der Waals surface area contributed by atoms with E-state index in [-0.39, 0.29) is 0 Å². The predicted octanol–water partition coefficient (Wildman–Crippen LogP) is 15.1. The Hall–Kier alpha value is -7.49. The number of fused-ring (bicyclic) bond motifs is 6. The maximum Gasteiger partial charge on any atom is 0.0712 e. The summed E-state index contributed by atoms with van der Waals surface area (Å²) in [5.74, 6) is 0. The zero-order valence-corrected chi connectivity index (χ0v) is 33.7. The van der Waals surface area contributed by atoms with Gasteiger partial charge in [0, 0.05) is 38.5 Å². The molecule has 0 unspecified atom stereocenters. The van der Waals surface area contributed by atoms with Crippen LogP contribution in [0.1, 0.15) is 37.5 Å². The third kappa shape index (κ3) is 6.98. The van der Waals surface area contributed by atoms with Crippen LogP contribution in [0.3, 0.4) is 0 Å². The van der Waals surface area contributed by atoms with E-state index in [1.54, 1.807) is 0 Å². The number of hydrogen-bond donors (Lipinski definition) is 0. The minimum Gasteiger partial charge on any atom is -0.309 e. The molecule has 2 heterocycles. The first-order valence-electron chi connectivity index (χ1n) is 20.4. The molecule has 8 aromatic carbocycles. The largest absolute Gasteiger partial charge is 0.309 e. The van der Waals surface area contributed by atoms with E-state index in [0.717, 1.165) is 56.2 Å². The number of para-hydroxylation sites is 4. The Kier molecular flexibility index (Phi) is 10.2. The van der Waals surface area contributed by atoms with Crippen molar-refractivity contribution in [3.63, 3.8) is 0 Å². The van der Waals surface area contributed by atoms with Crippen LogP contribution in [0, 0.1) is 0 Å². The maximum atomic E-state index is 5.04. The standard InChI is InChI=1S/C54H39N3.C2H6/c1-37(33-50(42-19-7-4-8-20-42)55-38(2)40-17-5-3-6-18-40)39-29-31-41(32-30-39)43-34-44(56-51-25-13-9-21-46(51)47-22-10-14-26-52(47)56)36-45(35-43)57-53-27-15-11-23-48(53)49-24-12-16-28-54(49)57;1-2/h3-36H,2H2,1H3;1-2H3/b37-33+,55-50?;. The van der Waals surface area contributed by atoms with E-state index in [0.29, 0.717) is 0 Å². The van der Waals surface area contributed by atoms with Gasteiger partial charge in [0.05, 0.1) is 33.5 Å². The molecule has 284 valence electrons. The van der Waals surface area contributed by atoms with Crippen LogP contribution < -0.4 is 0 Å². The van der Waals surface area contributed by atoms with Gasteiger partial charge in [-0.05, 0) is 83.3 Å². The number of benzene rings is 8. The van der Waals surface area contributed by atoms with E-state index < -0.39 is 0 Å². The number of nitrogens with zero attached hydrogens (tertiary/aromatic N) is 3. The summed E-state index contributed by atoms with van der Waals surface area (Å²) < 4.78 is 4.83. The second-order valence-corrected chi connectivity index (χ2v) is 14.6. The Labute approximate surface area is 346 Å². The second-order valence-electron chi connectivity index (χ2n) is 14.6. The summed E-state index contributed by atoms with van der Waals surface area (Å²) in [5, 5.41) is 4.98. The SMILES string of the molecule is C=C(N=C(/C=C(\C)c1ccc(-c2cc(-n3c4ccccc4c4ccccc43)cc(-n3c4ccccc4c4ccccc43)c2)cc1)c1ccccc1)c1ccccc1.CC. The molecule has 3 nitrogen and oxygen atoms in total. The van der Waals surface area contributed by atoms with Crippen LogP contribution >= 0.6 is 0 Å². The van der Waals surface area contributed by atoms with Gasteiger partial charge in [0.1, 0.15) is 0 Å². The highest BCUT2D eigenvalue weighted by Crippen LogP contribution is 2.38. The molecule has 0 bridgehead atoms. The summed E-state index contributed by atoms with van der Waals surface area (Å²) in [6.45, 7) is 10.5. The lowest BCUT2D eigenvalue weighted by molar-refractivity contribution is 1.13. The molecule has 0 aliphatic heterocycles. The predicted molar refractivity (Wildman–Crippen MR) is 254 cm³/mol. The van der Waals surface area contributed by atoms with E-state index in [1.165, 1.54) is 43.6 Å². The fourth-order valence-corrected chi connectivity index (χ4v) is 8.26. The summed E-state index contributed by atoms with van der Waals surface area (Å²) in [4.78, 5) is 5.04. The molecule has 10 rings (SSSR count). The lowest BCUT2D eigenvalue weighted by atomic mass is 9.98. The molecule has 0 atom stereocenters. The average molecular weight is 760 g/mol. The monoisotopic (exact) mass is 759 g/mol. The van der Waals surface area contributed by atoms with Gasteiger partial charge < -0.3 is 9.13 Å². The molecule has 3 heteroatoms. The Morgan fingerprint density at radius 1 is 0.424 bits per heavy atom. The topological polar surface area (TPSA) is 22.2 Å². The zero-order chi connectivity index (χ0) is 40.3. The fraction of sp³-hybridized carbons (Fsp3) is 0.0536. The molecule has 59 heavy (non-hydrogen) atoms. The molecule has 0 radical (unpaired) electrons. The molecular formula is C56H45N3. The lowest BCUT2D eigenvalue weighted by Gasteiger charge is -2.16. The summed E-state index contributed by atoms with van der Waals surface area (Å²) >= 11 is 0. The smallest absolute Gasteiger partial charge is 0.0712 e. The van der Waals surface area contributed by atoms with Crippen molar-refractivity contribution in [3.8, 4) is 22.5 Å². The molecule has 0 saturated heterocycles.